The first-order valence-corrected chi connectivity index (χ1v) is 9.08. The highest BCUT2D eigenvalue weighted by Gasteiger charge is 2.21. The third kappa shape index (κ3) is 4.75. The van der Waals surface area contributed by atoms with E-state index in [9.17, 15) is 4.79 Å². The maximum Gasteiger partial charge on any atom is 0.330 e. The first-order chi connectivity index (χ1) is 12.2. The van der Waals surface area contributed by atoms with Crippen molar-refractivity contribution < 1.29 is 23.7 Å². The molecule has 0 spiro atoms. The van der Waals surface area contributed by atoms with Crippen LogP contribution in [0.3, 0.4) is 0 Å². The molecule has 1 aromatic carbocycles. The molecule has 1 fully saturated rings. The van der Waals surface area contributed by atoms with Crippen molar-refractivity contribution in [3.05, 3.63) is 29.3 Å². The van der Waals surface area contributed by atoms with Crippen molar-refractivity contribution in [2.75, 3.05) is 19.8 Å². The van der Waals surface area contributed by atoms with Crippen LogP contribution in [0.25, 0.3) is 6.08 Å². The van der Waals surface area contributed by atoms with Crippen molar-refractivity contribution in [3.8, 4) is 11.5 Å². The van der Waals surface area contributed by atoms with Crippen LogP contribution >= 0.6 is 0 Å². The molecule has 3 rings (SSSR count). The van der Waals surface area contributed by atoms with E-state index in [-0.39, 0.29) is 18.2 Å². The average Bonchev–Trinajstić information content (AvgIpc) is 2.98. The molecule has 2 heterocycles. The molecule has 0 aliphatic carbocycles. The van der Waals surface area contributed by atoms with Crippen LogP contribution in [0, 0.1) is 0 Å². The molecule has 136 valence electrons. The Morgan fingerprint density at radius 1 is 1.36 bits per heavy atom. The van der Waals surface area contributed by atoms with E-state index in [1.54, 1.807) is 6.08 Å². The van der Waals surface area contributed by atoms with Gasteiger partial charge in [0, 0.05) is 30.2 Å². The van der Waals surface area contributed by atoms with Crippen molar-refractivity contribution in [1.29, 1.82) is 0 Å². The van der Waals surface area contributed by atoms with Crippen LogP contribution in [0.4, 0.5) is 0 Å². The average molecular weight is 346 g/mol. The smallest absolute Gasteiger partial charge is 0.330 e. The van der Waals surface area contributed by atoms with Crippen LogP contribution in [0.15, 0.2) is 18.2 Å². The number of hydrogen-bond acceptors (Lipinski definition) is 5. The number of esters is 1. The molecule has 25 heavy (non-hydrogen) atoms. The lowest BCUT2D eigenvalue weighted by molar-refractivity contribution is -0.143. The predicted octanol–water partition coefficient (Wildman–Crippen LogP) is 3.53. The van der Waals surface area contributed by atoms with Crippen LogP contribution < -0.4 is 9.47 Å². The molecular weight excluding hydrogens is 320 g/mol. The van der Waals surface area contributed by atoms with E-state index in [0.29, 0.717) is 13.2 Å². The zero-order chi connectivity index (χ0) is 17.6. The maximum absolute atomic E-state index is 12.0. The van der Waals surface area contributed by atoms with Gasteiger partial charge in [-0.3, -0.25) is 0 Å². The predicted molar refractivity (Wildman–Crippen MR) is 95.0 cm³/mol. The molecule has 1 aromatic rings. The lowest BCUT2D eigenvalue weighted by atomic mass is 10.1. The topological polar surface area (TPSA) is 54.0 Å². The zero-order valence-electron chi connectivity index (χ0n) is 15.0. The Morgan fingerprint density at radius 3 is 3.00 bits per heavy atom. The van der Waals surface area contributed by atoms with Gasteiger partial charge in [-0.05, 0) is 51.3 Å². The second kappa shape index (κ2) is 8.39. The molecule has 5 nitrogen and oxygen atoms in total. The van der Waals surface area contributed by atoms with Crippen LogP contribution in [-0.2, 0) is 20.7 Å². The van der Waals surface area contributed by atoms with Gasteiger partial charge in [-0.15, -0.1) is 0 Å². The first kappa shape index (κ1) is 17.8. The second-order valence-electron chi connectivity index (χ2n) is 6.52. The number of ether oxygens (including phenoxy) is 4. The van der Waals surface area contributed by atoms with Crippen molar-refractivity contribution in [3.63, 3.8) is 0 Å². The van der Waals surface area contributed by atoms with Crippen LogP contribution in [0.1, 0.15) is 44.2 Å². The van der Waals surface area contributed by atoms with Gasteiger partial charge < -0.3 is 18.9 Å². The molecule has 2 unspecified atom stereocenters. The Kier molecular flexibility index (Phi) is 5.97. The van der Waals surface area contributed by atoms with E-state index in [1.165, 1.54) is 6.08 Å². The molecule has 0 N–H and O–H groups in total. The van der Waals surface area contributed by atoms with Gasteiger partial charge in [-0.1, -0.05) is 0 Å². The number of carbonyl (C=O) groups excluding carboxylic acids is 1. The molecule has 0 bridgehead atoms. The second-order valence-corrected chi connectivity index (χ2v) is 6.52. The third-order valence-electron chi connectivity index (χ3n) is 4.41. The monoisotopic (exact) mass is 346 g/mol. The fraction of sp³-hybridized carbons (Fsp3) is 0.550. The van der Waals surface area contributed by atoms with Crippen molar-refractivity contribution in [1.82, 2.24) is 0 Å². The van der Waals surface area contributed by atoms with Gasteiger partial charge in [0.1, 0.15) is 24.2 Å². The Bertz CT molecular complexity index is 631. The van der Waals surface area contributed by atoms with E-state index >= 15 is 0 Å². The highest BCUT2D eigenvalue weighted by Crippen LogP contribution is 2.35. The molecule has 5 heteroatoms. The van der Waals surface area contributed by atoms with Gasteiger partial charge in [0.2, 0.25) is 0 Å². The number of fused-ring (bicyclic) bond motifs is 1. The molecule has 1 saturated heterocycles. The summed E-state index contributed by atoms with van der Waals surface area (Å²) < 4.78 is 22.4. The number of carbonyl (C=O) groups is 1. The van der Waals surface area contributed by atoms with Gasteiger partial charge in [-0.25, -0.2) is 4.79 Å². The van der Waals surface area contributed by atoms with E-state index in [0.717, 1.165) is 54.9 Å². The Labute approximate surface area is 148 Å². The largest absolute Gasteiger partial charge is 0.493 e. The van der Waals surface area contributed by atoms with Crippen molar-refractivity contribution in [2.45, 2.75) is 51.7 Å². The highest BCUT2D eigenvalue weighted by atomic mass is 16.6. The lowest BCUT2D eigenvalue weighted by Gasteiger charge is -2.21. The molecule has 2 atom stereocenters. The van der Waals surface area contributed by atoms with E-state index in [1.807, 2.05) is 26.0 Å². The van der Waals surface area contributed by atoms with Gasteiger partial charge in [0.05, 0.1) is 12.7 Å². The normalized spacial score (nSPS) is 22.5. The van der Waals surface area contributed by atoms with Crippen LogP contribution in [0.2, 0.25) is 0 Å². The van der Waals surface area contributed by atoms with Crippen molar-refractivity contribution in [2.24, 2.45) is 0 Å². The minimum atomic E-state index is -0.369. The van der Waals surface area contributed by atoms with E-state index in [4.69, 9.17) is 18.9 Å². The summed E-state index contributed by atoms with van der Waals surface area (Å²) in [7, 11) is 0. The fourth-order valence-corrected chi connectivity index (χ4v) is 3.19. The fourth-order valence-electron chi connectivity index (χ4n) is 3.19. The molecule has 0 aromatic heterocycles. The highest BCUT2D eigenvalue weighted by molar-refractivity contribution is 5.87. The lowest BCUT2D eigenvalue weighted by Crippen LogP contribution is -2.25. The SMILES string of the molecule is CCOc1cc2c(cc1/C=C/C(=O)OCC1CCCCO1)OC(C)C2. The summed E-state index contributed by atoms with van der Waals surface area (Å²) in [5.74, 6) is 1.25. The van der Waals surface area contributed by atoms with Gasteiger partial charge >= 0.3 is 5.97 Å². The van der Waals surface area contributed by atoms with Gasteiger partial charge in [0.25, 0.3) is 0 Å². The molecule has 0 radical (unpaired) electrons. The van der Waals surface area contributed by atoms with Crippen LogP contribution in [-0.4, -0.2) is 38.0 Å². The number of benzene rings is 1. The zero-order valence-corrected chi connectivity index (χ0v) is 15.0. The molecule has 0 amide bonds. The Hall–Kier alpha value is -2.01. The summed E-state index contributed by atoms with van der Waals surface area (Å²) in [6.45, 7) is 5.62. The standard InChI is InChI=1S/C20H26O5/c1-3-22-18-12-16-10-14(2)25-19(16)11-15(18)7-8-20(21)24-13-17-6-4-5-9-23-17/h7-8,11-12,14,17H,3-6,9-10,13H2,1-2H3/b8-7+. The summed E-state index contributed by atoms with van der Waals surface area (Å²) in [5, 5.41) is 0. The Balaban J connectivity index is 1.63. The third-order valence-corrected chi connectivity index (χ3v) is 4.41. The number of rotatable bonds is 6. The van der Waals surface area contributed by atoms with Crippen molar-refractivity contribution >= 4 is 12.0 Å². The number of hydrogen-bond donors (Lipinski definition) is 0. The summed E-state index contributed by atoms with van der Waals surface area (Å²) in [6, 6.07) is 3.93. The molecule has 0 saturated carbocycles. The van der Waals surface area contributed by atoms with Crippen LogP contribution in [0.5, 0.6) is 11.5 Å². The van der Waals surface area contributed by atoms with E-state index in [2.05, 4.69) is 0 Å². The summed E-state index contributed by atoms with van der Waals surface area (Å²) in [6.07, 6.45) is 7.40. The molecule has 2 aliphatic heterocycles. The molecule has 2 aliphatic rings. The minimum Gasteiger partial charge on any atom is -0.493 e. The van der Waals surface area contributed by atoms with E-state index < -0.39 is 0 Å². The summed E-state index contributed by atoms with van der Waals surface area (Å²) in [5.41, 5.74) is 1.96. The van der Waals surface area contributed by atoms with Gasteiger partial charge in [0.15, 0.2) is 0 Å². The minimum absolute atomic E-state index is 0.0277. The summed E-state index contributed by atoms with van der Waals surface area (Å²) in [4.78, 5) is 12.0. The summed E-state index contributed by atoms with van der Waals surface area (Å²) >= 11 is 0. The quantitative estimate of drug-likeness (QED) is 0.582. The maximum atomic E-state index is 12.0. The first-order valence-electron chi connectivity index (χ1n) is 9.08. The Morgan fingerprint density at radius 2 is 2.24 bits per heavy atom. The van der Waals surface area contributed by atoms with Gasteiger partial charge in [-0.2, -0.15) is 0 Å². The molecular formula is C20H26O5.